The van der Waals surface area contributed by atoms with E-state index in [9.17, 15) is 42.6 Å². The highest BCUT2D eigenvalue weighted by Gasteiger charge is 2.39. The number of carbonyl (C=O) groups is 4. The van der Waals surface area contributed by atoms with Gasteiger partial charge in [0.2, 0.25) is 0 Å². The lowest BCUT2D eigenvalue weighted by atomic mass is 10.0. The molecule has 5 aromatic carbocycles. The second-order valence-corrected chi connectivity index (χ2v) is 13.8. The van der Waals surface area contributed by atoms with E-state index in [1.807, 2.05) is 0 Å². The summed E-state index contributed by atoms with van der Waals surface area (Å²) in [5, 5.41) is 25.0. The van der Waals surface area contributed by atoms with Crippen molar-refractivity contribution in [2.24, 2.45) is 0 Å². The van der Waals surface area contributed by atoms with E-state index in [2.05, 4.69) is 10.6 Å². The van der Waals surface area contributed by atoms with Crippen molar-refractivity contribution in [3.8, 4) is 11.5 Å². The van der Waals surface area contributed by atoms with Gasteiger partial charge in [-0.25, -0.2) is 9.59 Å². The van der Waals surface area contributed by atoms with Gasteiger partial charge in [-0.15, -0.1) is 0 Å². The van der Waals surface area contributed by atoms with Gasteiger partial charge in [0.25, 0.3) is 5.91 Å². The molecule has 0 fully saturated rings. The number of ether oxygens (including phenoxy) is 1. The average Bonchev–Trinajstić information content (AvgIpc) is 3.11. The van der Waals surface area contributed by atoms with Gasteiger partial charge in [-0.2, -0.15) is 13.2 Å². The fourth-order valence-corrected chi connectivity index (χ4v) is 8.44. The van der Waals surface area contributed by atoms with E-state index in [1.54, 1.807) is 60.7 Å². The van der Waals surface area contributed by atoms with Crippen molar-refractivity contribution in [2.45, 2.75) is 13.1 Å². The van der Waals surface area contributed by atoms with Crippen molar-refractivity contribution in [1.82, 2.24) is 0 Å². The zero-order valence-corrected chi connectivity index (χ0v) is 27.7. The molecule has 14 heteroatoms. The number of Topliss-reactive ketones (excluding diaryl/α,β-unsaturated/α-hetero) is 1. The fourth-order valence-electron chi connectivity index (χ4n) is 5.46. The summed E-state index contributed by atoms with van der Waals surface area (Å²) in [6.45, 7) is 1.19. The van der Waals surface area contributed by atoms with E-state index in [-0.39, 0.29) is 44.2 Å². The molecule has 0 saturated carbocycles. The number of nitrogens with one attached hydrogen (secondary N) is 2. The van der Waals surface area contributed by atoms with Crippen LogP contribution in [0.5, 0.6) is 11.5 Å². The minimum atomic E-state index is -4.89. The second kappa shape index (κ2) is 14.3. The van der Waals surface area contributed by atoms with Crippen LogP contribution in [0.25, 0.3) is 0 Å². The van der Waals surface area contributed by atoms with Crippen LogP contribution in [0.1, 0.15) is 53.9 Å². The largest absolute Gasteiger partial charge is 0.478 e. The highest BCUT2D eigenvalue weighted by Crippen LogP contribution is 2.48. The normalized spacial score (nSPS) is 11.4. The third-order valence-electron chi connectivity index (χ3n) is 7.81. The lowest BCUT2D eigenvalue weighted by molar-refractivity contribution is -0.137. The van der Waals surface area contributed by atoms with Crippen LogP contribution >= 0.6 is 7.14 Å². The highest BCUT2D eigenvalue weighted by molar-refractivity contribution is 7.85. The number of hydrogen-bond acceptors (Lipinski definition) is 7. The number of anilines is 2. The predicted molar refractivity (Wildman–Crippen MR) is 185 cm³/mol. The maximum absolute atomic E-state index is 15.4. The smallest absolute Gasteiger partial charge is 0.416 e. The Morgan fingerprint density at radius 3 is 1.59 bits per heavy atom. The zero-order valence-electron chi connectivity index (χ0n) is 26.8. The molecule has 5 aromatic rings. The predicted octanol–water partition coefficient (Wildman–Crippen LogP) is 7.03. The van der Waals surface area contributed by atoms with Crippen molar-refractivity contribution in [1.29, 1.82) is 0 Å². The van der Waals surface area contributed by atoms with Gasteiger partial charge in [0, 0.05) is 28.9 Å². The number of aromatic carboxylic acids is 2. The fraction of sp³-hybridized carbons (Fsp3) is 0.0811. The molecule has 0 atom stereocenters. The molecule has 0 bridgehead atoms. The Morgan fingerprint density at radius 1 is 0.667 bits per heavy atom. The molecule has 260 valence electrons. The number of halogens is 3. The summed E-state index contributed by atoms with van der Waals surface area (Å²) in [7, 11) is -2.68. The van der Waals surface area contributed by atoms with Gasteiger partial charge in [-0.1, -0.05) is 60.7 Å². The highest BCUT2D eigenvalue weighted by atomic mass is 31.2. The van der Waals surface area contributed by atoms with E-state index in [4.69, 9.17) is 4.74 Å². The molecule has 0 radical (unpaired) electrons. The van der Waals surface area contributed by atoms with E-state index >= 15 is 4.57 Å². The Labute approximate surface area is 288 Å². The maximum Gasteiger partial charge on any atom is 0.416 e. The lowest BCUT2D eigenvalue weighted by Gasteiger charge is -2.26. The summed E-state index contributed by atoms with van der Waals surface area (Å²) >= 11 is 0. The minimum Gasteiger partial charge on any atom is -0.478 e. The Balaban J connectivity index is 1.63. The number of alkyl halides is 3. The van der Waals surface area contributed by atoms with Gasteiger partial charge in [0.1, 0.15) is 11.5 Å². The standard InChI is InChI=1S/C37H28F3N2O8P/c1-21(43)27-15-13-23(19-29(27)35(45)46)50-24-14-16-28(30(20-24)36(47)48)34(44)42-32-18-22(37(38,39)40)17-31(41-2)33(32)51(49,25-9-5-3-6-10-25)26-11-7-4-8-12-26/h3-20,41H,1-2H3,(H,42,44)(H,45,46)(H,47,48). The van der Waals surface area contributed by atoms with Gasteiger partial charge in [0.15, 0.2) is 12.9 Å². The van der Waals surface area contributed by atoms with E-state index in [0.717, 1.165) is 24.3 Å². The first kappa shape index (κ1) is 36.1. The molecule has 10 nitrogen and oxygen atoms in total. The third kappa shape index (κ3) is 7.38. The van der Waals surface area contributed by atoms with E-state index in [0.29, 0.717) is 6.07 Å². The maximum atomic E-state index is 15.4. The Morgan fingerprint density at radius 2 is 1.14 bits per heavy atom. The summed E-state index contributed by atoms with van der Waals surface area (Å²) in [4.78, 5) is 49.7. The molecule has 0 heterocycles. The van der Waals surface area contributed by atoms with Crippen LogP contribution in [0.2, 0.25) is 0 Å². The van der Waals surface area contributed by atoms with Crippen LogP contribution < -0.4 is 31.3 Å². The molecular weight excluding hydrogens is 688 g/mol. The first-order valence-electron chi connectivity index (χ1n) is 15.0. The minimum absolute atomic E-state index is 0.0586. The molecule has 5 rings (SSSR count). The second-order valence-electron chi connectivity index (χ2n) is 11.1. The molecular formula is C37H28F3N2O8P. The summed E-state index contributed by atoms with van der Waals surface area (Å²) in [5.41, 5.74) is -3.34. The van der Waals surface area contributed by atoms with Crippen LogP contribution in [0.4, 0.5) is 24.5 Å². The number of ketones is 1. The summed E-state index contributed by atoms with van der Waals surface area (Å²) in [6.07, 6.45) is -4.89. The van der Waals surface area contributed by atoms with Gasteiger partial charge in [0.05, 0.1) is 33.2 Å². The molecule has 0 aliphatic carbocycles. The monoisotopic (exact) mass is 716 g/mol. The first-order valence-corrected chi connectivity index (χ1v) is 16.8. The number of hydrogen-bond donors (Lipinski definition) is 4. The van der Waals surface area contributed by atoms with Crippen LogP contribution in [-0.2, 0) is 10.7 Å². The summed E-state index contributed by atoms with van der Waals surface area (Å²) in [6, 6.07) is 24.4. The molecule has 4 N–H and O–H groups in total. The summed E-state index contributed by atoms with van der Waals surface area (Å²) in [5.74, 6) is -4.82. The van der Waals surface area contributed by atoms with Crippen LogP contribution in [0.15, 0.2) is 109 Å². The molecule has 0 unspecified atom stereocenters. The van der Waals surface area contributed by atoms with Gasteiger partial charge < -0.3 is 30.1 Å². The number of amides is 1. The van der Waals surface area contributed by atoms with Crippen molar-refractivity contribution < 1.29 is 51.9 Å². The van der Waals surface area contributed by atoms with Crippen LogP contribution in [0.3, 0.4) is 0 Å². The molecule has 0 spiro atoms. The Kier molecular flexibility index (Phi) is 10.1. The molecule has 51 heavy (non-hydrogen) atoms. The van der Waals surface area contributed by atoms with Crippen molar-refractivity contribution in [3.05, 3.63) is 137 Å². The van der Waals surface area contributed by atoms with Crippen LogP contribution in [0, 0.1) is 0 Å². The Hall–Kier alpha value is -6.20. The van der Waals surface area contributed by atoms with Crippen LogP contribution in [-0.4, -0.2) is 40.9 Å². The molecule has 0 aliphatic heterocycles. The lowest BCUT2D eigenvalue weighted by Crippen LogP contribution is -2.31. The SMILES string of the molecule is CNc1cc(C(F)(F)F)cc(NC(=O)c2ccc(Oc3ccc(C(C)=O)c(C(=O)O)c3)cc2C(=O)O)c1P(=O)(c1ccccc1)c1ccccc1. The number of carboxylic acid groups (broad SMARTS) is 2. The number of carbonyl (C=O) groups excluding carboxylic acids is 2. The average molecular weight is 717 g/mol. The van der Waals surface area contributed by atoms with Gasteiger partial charge >= 0.3 is 18.1 Å². The first-order chi connectivity index (χ1) is 24.1. The quantitative estimate of drug-likeness (QED) is 0.0832. The van der Waals surface area contributed by atoms with E-state index in [1.165, 1.54) is 32.2 Å². The van der Waals surface area contributed by atoms with Gasteiger partial charge in [-0.3, -0.25) is 9.59 Å². The number of rotatable bonds is 11. The number of benzene rings is 5. The van der Waals surface area contributed by atoms with Gasteiger partial charge in [-0.05, 0) is 55.5 Å². The molecule has 0 saturated heterocycles. The molecule has 0 aliphatic rings. The van der Waals surface area contributed by atoms with Crippen molar-refractivity contribution in [2.75, 3.05) is 17.7 Å². The molecule has 1 amide bonds. The van der Waals surface area contributed by atoms with E-state index < -0.39 is 59.3 Å². The summed E-state index contributed by atoms with van der Waals surface area (Å²) < 4.78 is 63.6. The van der Waals surface area contributed by atoms with Crippen molar-refractivity contribution >= 4 is 58.1 Å². The Bertz CT molecular complexity index is 2180. The molecule has 0 aromatic heterocycles. The van der Waals surface area contributed by atoms with Crippen molar-refractivity contribution in [3.63, 3.8) is 0 Å². The third-order valence-corrected chi connectivity index (χ3v) is 11.0. The number of carboxylic acids is 2. The topological polar surface area (TPSA) is 159 Å². The zero-order chi connectivity index (χ0) is 37.1.